The number of aliphatic imine (C=N–C) groups is 1. The highest BCUT2D eigenvalue weighted by Gasteiger charge is 2.21. The van der Waals surface area contributed by atoms with Gasteiger partial charge in [-0.15, -0.1) is 0 Å². The summed E-state index contributed by atoms with van der Waals surface area (Å²) >= 11 is 0. The van der Waals surface area contributed by atoms with Crippen LogP contribution in [-0.2, 0) is 13.1 Å². The topological polar surface area (TPSA) is 71.9 Å². The minimum atomic E-state index is -0.0881. The van der Waals surface area contributed by atoms with Crippen LogP contribution >= 0.6 is 0 Å². The Balaban J connectivity index is 1.35. The number of carbonyl (C=O) groups excluding carboxylic acids is 1. The summed E-state index contributed by atoms with van der Waals surface area (Å²) in [5.41, 5.74) is 6.54. The standard InChI is InChI=1S/C36H36N4O2/c1-39(24-26-11-5-2-6-12-26)36(42)29-17-20-32-31(23-29)33(35(41)38-32)34(28-13-7-3-8-14-28)37-30-18-15-27(16-19-30)25-40-21-9-4-10-22-40/h2-3,5-8,11-20,23,38,41H,4,9-10,21-22,24-25H2,1H3. The van der Waals surface area contributed by atoms with E-state index < -0.39 is 0 Å². The second kappa shape index (κ2) is 12.5. The van der Waals surface area contributed by atoms with Crippen molar-refractivity contribution < 1.29 is 9.90 Å². The predicted octanol–water partition coefficient (Wildman–Crippen LogP) is 7.30. The number of amides is 1. The molecule has 0 saturated carbocycles. The molecule has 1 saturated heterocycles. The average molecular weight is 557 g/mol. The zero-order valence-corrected chi connectivity index (χ0v) is 24.0. The van der Waals surface area contributed by atoms with Gasteiger partial charge in [0.2, 0.25) is 0 Å². The number of H-pyrrole nitrogens is 1. The second-order valence-electron chi connectivity index (χ2n) is 11.1. The number of hydrogen-bond donors (Lipinski definition) is 2. The third kappa shape index (κ3) is 6.14. The number of aromatic amines is 1. The molecule has 0 aliphatic carbocycles. The molecule has 0 unspecified atom stereocenters. The zero-order chi connectivity index (χ0) is 28.9. The Labute approximate surface area is 247 Å². The summed E-state index contributed by atoms with van der Waals surface area (Å²) in [6.07, 6.45) is 3.87. The van der Waals surface area contributed by atoms with E-state index in [1.165, 1.54) is 24.8 Å². The van der Waals surface area contributed by atoms with Gasteiger partial charge in [0.1, 0.15) is 0 Å². The molecule has 5 aromatic rings. The van der Waals surface area contributed by atoms with Crippen molar-refractivity contribution in [1.82, 2.24) is 14.8 Å². The van der Waals surface area contributed by atoms with Gasteiger partial charge in [-0.25, -0.2) is 4.99 Å². The Hall–Kier alpha value is -4.68. The fraction of sp³-hybridized carbons (Fsp3) is 0.222. The van der Waals surface area contributed by atoms with Crippen LogP contribution in [0.5, 0.6) is 5.88 Å². The summed E-state index contributed by atoms with van der Waals surface area (Å²) in [5, 5.41) is 11.9. The number of carbonyl (C=O) groups is 1. The lowest BCUT2D eigenvalue weighted by molar-refractivity contribution is 0.0785. The van der Waals surface area contributed by atoms with Crippen molar-refractivity contribution in [2.75, 3.05) is 20.1 Å². The van der Waals surface area contributed by atoms with E-state index in [-0.39, 0.29) is 11.8 Å². The zero-order valence-electron chi connectivity index (χ0n) is 24.0. The minimum absolute atomic E-state index is 0.0246. The Morgan fingerprint density at radius 1 is 0.833 bits per heavy atom. The quantitative estimate of drug-likeness (QED) is 0.197. The minimum Gasteiger partial charge on any atom is -0.494 e. The van der Waals surface area contributed by atoms with Crippen LogP contribution in [0.15, 0.2) is 108 Å². The summed E-state index contributed by atoms with van der Waals surface area (Å²) in [5.74, 6) is -0.0635. The average Bonchev–Trinajstić information content (AvgIpc) is 3.36. The third-order valence-electron chi connectivity index (χ3n) is 7.95. The van der Waals surface area contributed by atoms with Crippen LogP contribution in [0.2, 0.25) is 0 Å². The molecule has 1 aliphatic rings. The molecular formula is C36H36N4O2. The van der Waals surface area contributed by atoms with Crippen molar-refractivity contribution >= 4 is 28.2 Å². The smallest absolute Gasteiger partial charge is 0.253 e. The maximum Gasteiger partial charge on any atom is 0.253 e. The van der Waals surface area contributed by atoms with Crippen LogP contribution in [0.4, 0.5) is 5.69 Å². The molecule has 2 N–H and O–H groups in total. The number of aromatic hydroxyl groups is 1. The molecule has 6 rings (SSSR count). The fourth-order valence-electron chi connectivity index (χ4n) is 5.74. The molecule has 2 heterocycles. The first kappa shape index (κ1) is 27.5. The summed E-state index contributed by atoms with van der Waals surface area (Å²) in [6.45, 7) is 3.77. The highest BCUT2D eigenvalue weighted by Crippen LogP contribution is 2.32. The monoisotopic (exact) mass is 556 g/mol. The van der Waals surface area contributed by atoms with Crippen molar-refractivity contribution in [1.29, 1.82) is 0 Å². The Morgan fingerprint density at radius 3 is 2.24 bits per heavy atom. The number of nitrogens with one attached hydrogen (secondary N) is 1. The molecule has 1 fully saturated rings. The SMILES string of the molecule is CN(Cc1ccccc1)C(=O)c1ccc2[nH]c(O)c(C(=Nc3ccc(CN4CCCCC4)cc3)c3ccccc3)c2c1. The van der Waals surface area contributed by atoms with E-state index in [0.717, 1.165) is 47.4 Å². The summed E-state index contributed by atoms with van der Waals surface area (Å²) < 4.78 is 0. The molecule has 1 aromatic heterocycles. The number of benzene rings is 4. The molecule has 0 spiro atoms. The van der Waals surface area contributed by atoms with Gasteiger partial charge in [-0.1, -0.05) is 79.2 Å². The maximum absolute atomic E-state index is 13.4. The molecule has 6 nitrogen and oxygen atoms in total. The van der Waals surface area contributed by atoms with Crippen LogP contribution in [-0.4, -0.2) is 51.6 Å². The normalized spacial score (nSPS) is 14.3. The molecule has 6 heteroatoms. The van der Waals surface area contributed by atoms with Gasteiger partial charge in [0.05, 0.1) is 17.0 Å². The van der Waals surface area contributed by atoms with Crippen LogP contribution in [0, 0.1) is 0 Å². The molecule has 0 atom stereocenters. The lowest BCUT2D eigenvalue weighted by Crippen LogP contribution is -2.28. The molecule has 1 amide bonds. The number of piperidine rings is 1. The molecule has 42 heavy (non-hydrogen) atoms. The lowest BCUT2D eigenvalue weighted by Gasteiger charge is -2.26. The van der Waals surface area contributed by atoms with Gasteiger partial charge in [-0.05, 0) is 67.4 Å². The van der Waals surface area contributed by atoms with Gasteiger partial charge in [-0.3, -0.25) is 9.69 Å². The van der Waals surface area contributed by atoms with Crippen LogP contribution in [0.3, 0.4) is 0 Å². The highest BCUT2D eigenvalue weighted by atomic mass is 16.3. The van der Waals surface area contributed by atoms with Crippen molar-refractivity contribution in [3.63, 3.8) is 0 Å². The first-order chi connectivity index (χ1) is 20.5. The van der Waals surface area contributed by atoms with Crippen molar-refractivity contribution in [3.05, 3.63) is 131 Å². The predicted molar refractivity (Wildman–Crippen MR) is 170 cm³/mol. The van der Waals surface area contributed by atoms with E-state index in [1.807, 2.05) is 84.9 Å². The van der Waals surface area contributed by atoms with Crippen molar-refractivity contribution in [2.24, 2.45) is 4.99 Å². The molecule has 4 aromatic carbocycles. The maximum atomic E-state index is 13.4. The van der Waals surface area contributed by atoms with Crippen molar-refractivity contribution in [3.8, 4) is 5.88 Å². The van der Waals surface area contributed by atoms with E-state index in [9.17, 15) is 9.90 Å². The van der Waals surface area contributed by atoms with Gasteiger partial charge in [0, 0.05) is 42.2 Å². The van der Waals surface area contributed by atoms with Crippen LogP contribution in [0.1, 0.15) is 51.9 Å². The molecule has 0 bridgehead atoms. The van der Waals surface area contributed by atoms with E-state index in [4.69, 9.17) is 4.99 Å². The Bertz CT molecular complexity index is 1690. The number of hydrogen-bond acceptors (Lipinski definition) is 4. The lowest BCUT2D eigenvalue weighted by atomic mass is 9.99. The molecular weight excluding hydrogens is 520 g/mol. The van der Waals surface area contributed by atoms with E-state index in [1.54, 1.807) is 18.0 Å². The Morgan fingerprint density at radius 2 is 1.52 bits per heavy atom. The molecule has 1 aliphatic heterocycles. The number of nitrogens with zero attached hydrogens (tertiary/aromatic N) is 3. The summed E-state index contributed by atoms with van der Waals surface area (Å²) in [4.78, 5) is 25.8. The van der Waals surface area contributed by atoms with Gasteiger partial charge in [-0.2, -0.15) is 0 Å². The Kier molecular flexibility index (Phi) is 8.15. The first-order valence-corrected chi connectivity index (χ1v) is 14.6. The summed E-state index contributed by atoms with van der Waals surface area (Å²) in [6, 6.07) is 33.7. The number of aromatic nitrogens is 1. The van der Waals surface area contributed by atoms with E-state index in [0.29, 0.717) is 23.4 Å². The van der Waals surface area contributed by atoms with Crippen LogP contribution < -0.4 is 0 Å². The number of likely N-dealkylation sites (tertiary alicyclic amines) is 1. The summed E-state index contributed by atoms with van der Waals surface area (Å²) in [7, 11) is 1.81. The van der Waals surface area contributed by atoms with Gasteiger partial charge >= 0.3 is 0 Å². The number of fused-ring (bicyclic) bond motifs is 1. The second-order valence-corrected chi connectivity index (χ2v) is 11.1. The first-order valence-electron chi connectivity index (χ1n) is 14.6. The van der Waals surface area contributed by atoms with E-state index in [2.05, 4.69) is 22.0 Å². The van der Waals surface area contributed by atoms with Gasteiger partial charge < -0.3 is 15.0 Å². The van der Waals surface area contributed by atoms with Crippen LogP contribution in [0.25, 0.3) is 10.9 Å². The van der Waals surface area contributed by atoms with Gasteiger partial charge in [0.25, 0.3) is 5.91 Å². The van der Waals surface area contributed by atoms with Crippen molar-refractivity contribution in [2.45, 2.75) is 32.4 Å². The van der Waals surface area contributed by atoms with E-state index >= 15 is 0 Å². The van der Waals surface area contributed by atoms with Gasteiger partial charge in [0.15, 0.2) is 5.88 Å². The largest absolute Gasteiger partial charge is 0.494 e. The number of rotatable bonds is 8. The third-order valence-corrected chi connectivity index (χ3v) is 7.95. The molecule has 212 valence electrons. The highest BCUT2D eigenvalue weighted by molar-refractivity contribution is 6.22. The molecule has 0 radical (unpaired) electrons. The fourth-order valence-corrected chi connectivity index (χ4v) is 5.74.